The van der Waals surface area contributed by atoms with Crippen molar-refractivity contribution >= 4 is 5.82 Å². The van der Waals surface area contributed by atoms with Crippen LogP contribution < -0.4 is 10.2 Å². The molecule has 1 saturated heterocycles. The van der Waals surface area contributed by atoms with Crippen molar-refractivity contribution in [2.24, 2.45) is 5.92 Å². The third kappa shape index (κ3) is 2.22. The van der Waals surface area contributed by atoms with Gasteiger partial charge in [-0.25, -0.2) is 4.98 Å². The summed E-state index contributed by atoms with van der Waals surface area (Å²) in [6, 6.07) is 3.76. The molecule has 1 aliphatic heterocycles. The van der Waals surface area contributed by atoms with Gasteiger partial charge >= 0.3 is 0 Å². The molecule has 0 amide bonds. The molecule has 1 aromatic rings. The molecule has 108 valence electrons. The highest BCUT2D eigenvalue weighted by Gasteiger charge is 2.39. The van der Waals surface area contributed by atoms with Crippen molar-refractivity contribution < 1.29 is 0 Å². The summed E-state index contributed by atoms with van der Waals surface area (Å²) in [4.78, 5) is 7.53. The average Bonchev–Trinajstić information content (AvgIpc) is 3.00. The van der Waals surface area contributed by atoms with Crippen LogP contribution in [-0.4, -0.2) is 23.6 Å². The quantitative estimate of drug-likeness (QED) is 0.912. The lowest BCUT2D eigenvalue weighted by Crippen LogP contribution is -2.34. The van der Waals surface area contributed by atoms with E-state index < -0.39 is 0 Å². The van der Waals surface area contributed by atoms with E-state index in [1.54, 1.807) is 0 Å². The number of hydrogen-bond donors (Lipinski definition) is 1. The lowest BCUT2D eigenvalue weighted by Gasteiger charge is -2.31. The molecule has 1 aromatic heterocycles. The number of aromatic nitrogens is 1. The fourth-order valence-corrected chi connectivity index (χ4v) is 4.02. The lowest BCUT2D eigenvalue weighted by molar-refractivity contribution is 0.547. The van der Waals surface area contributed by atoms with E-state index in [1.807, 2.05) is 0 Å². The zero-order valence-electron chi connectivity index (χ0n) is 12.7. The smallest absolute Gasteiger partial charge is 0.133 e. The van der Waals surface area contributed by atoms with Crippen LogP contribution in [0.15, 0.2) is 6.07 Å². The van der Waals surface area contributed by atoms with Gasteiger partial charge in [-0.05, 0) is 63.5 Å². The van der Waals surface area contributed by atoms with E-state index in [2.05, 4.69) is 30.1 Å². The van der Waals surface area contributed by atoms with Crippen molar-refractivity contribution in [1.82, 2.24) is 10.3 Å². The molecule has 3 fully saturated rings. The van der Waals surface area contributed by atoms with E-state index in [0.717, 1.165) is 30.2 Å². The van der Waals surface area contributed by atoms with Gasteiger partial charge in [0.05, 0.1) is 0 Å². The van der Waals surface area contributed by atoms with Crippen molar-refractivity contribution in [2.75, 3.05) is 11.4 Å². The molecule has 0 radical (unpaired) electrons. The number of hydrogen-bond acceptors (Lipinski definition) is 3. The zero-order valence-corrected chi connectivity index (χ0v) is 12.7. The van der Waals surface area contributed by atoms with Gasteiger partial charge in [-0.15, -0.1) is 0 Å². The lowest BCUT2D eigenvalue weighted by atomic mass is 10.1. The summed E-state index contributed by atoms with van der Waals surface area (Å²) in [5, 5.41) is 3.67. The molecule has 0 aromatic carbocycles. The highest BCUT2D eigenvalue weighted by Crippen LogP contribution is 2.41. The average molecular weight is 271 g/mol. The Morgan fingerprint density at radius 3 is 2.75 bits per heavy atom. The van der Waals surface area contributed by atoms with Crippen LogP contribution in [0.1, 0.15) is 48.9 Å². The van der Waals surface area contributed by atoms with Crippen molar-refractivity contribution in [3.8, 4) is 0 Å². The molecule has 2 unspecified atom stereocenters. The summed E-state index contributed by atoms with van der Waals surface area (Å²) in [5.74, 6) is 2.20. The SMILES string of the molecule is Cc1cc(C)c(CNC2CC2)c(N2CC3CCC2C3)n1. The summed E-state index contributed by atoms with van der Waals surface area (Å²) in [5.41, 5.74) is 4.01. The Morgan fingerprint density at radius 2 is 2.10 bits per heavy atom. The Labute approximate surface area is 121 Å². The topological polar surface area (TPSA) is 28.2 Å². The van der Waals surface area contributed by atoms with Crippen LogP contribution in [0.3, 0.4) is 0 Å². The van der Waals surface area contributed by atoms with Crippen LogP contribution in [0.5, 0.6) is 0 Å². The molecule has 3 nitrogen and oxygen atoms in total. The van der Waals surface area contributed by atoms with Gasteiger partial charge in [0.15, 0.2) is 0 Å². The molecular weight excluding hydrogens is 246 g/mol. The Hall–Kier alpha value is -1.09. The van der Waals surface area contributed by atoms with E-state index in [1.165, 1.54) is 55.6 Å². The van der Waals surface area contributed by atoms with Gasteiger partial charge in [0.25, 0.3) is 0 Å². The monoisotopic (exact) mass is 271 g/mol. The maximum atomic E-state index is 4.92. The van der Waals surface area contributed by atoms with Crippen molar-refractivity contribution in [2.45, 2.75) is 64.6 Å². The van der Waals surface area contributed by atoms with Crippen LogP contribution >= 0.6 is 0 Å². The molecule has 2 bridgehead atoms. The third-order valence-corrected chi connectivity index (χ3v) is 5.28. The predicted molar refractivity (Wildman–Crippen MR) is 82.0 cm³/mol. The number of pyridine rings is 1. The van der Waals surface area contributed by atoms with Crippen LogP contribution in [0.4, 0.5) is 5.82 Å². The second kappa shape index (κ2) is 4.73. The Bertz CT molecular complexity index is 521. The molecular formula is C17H25N3. The Kier molecular flexibility index (Phi) is 2.99. The number of fused-ring (bicyclic) bond motifs is 2. The standard InChI is InChI=1S/C17H25N3/c1-11-7-12(2)19-17(16(11)9-18-14-4-5-14)20-10-13-3-6-15(20)8-13/h7,13-15,18H,3-6,8-10H2,1-2H3. The molecule has 2 saturated carbocycles. The molecule has 3 aliphatic rings. The number of rotatable bonds is 4. The minimum atomic E-state index is 0.758. The second-order valence-corrected chi connectivity index (χ2v) is 7.02. The third-order valence-electron chi connectivity index (χ3n) is 5.28. The summed E-state index contributed by atoms with van der Waals surface area (Å²) in [6.45, 7) is 6.60. The molecule has 2 atom stereocenters. The maximum Gasteiger partial charge on any atom is 0.133 e. The Morgan fingerprint density at radius 1 is 1.25 bits per heavy atom. The van der Waals surface area contributed by atoms with Gasteiger partial charge in [-0.2, -0.15) is 0 Å². The van der Waals surface area contributed by atoms with Crippen LogP contribution in [-0.2, 0) is 6.54 Å². The Balaban J connectivity index is 1.65. The normalized spacial score (nSPS) is 28.4. The first-order valence-corrected chi connectivity index (χ1v) is 8.18. The van der Waals surface area contributed by atoms with Gasteiger partial charge in [-0.3, -0.25) is 0 Å². The molecule has 1 N–H and O–H groups in total. The number of anilines is 1. The van der Waals surface area contributed by atoms with E-state index in [4.69, 9.17) is 4.98 Å². The van der Waals surface area contributed by atoms with Gasteiger partial charge in [0, 0.05) is 36.4 Å². The maximum absolute atomic E-state index is 4.92. The van der Waals surface area contributed by atoms with Crippen molar-refractivity contribution in [3.05, 3.63) is 22.9 Å². The number of piperidine rings is 1. The first-order valence-electron chi connectivity index (χ1n) is 8.18. The number of nitrogens with one attached hydrogen (secondary N) is 1. The number of nitrogens with zero attached hydrogens (tertiary/aromatic N) is 2. The van der Waals surface area contributed by atoms with Gasteiger partial charge < -0.3 is 10.2 Å². The molecule has 2 heterocycles. The zero-order chi connectivity index (χ0) is 13.7. The second-order valence-electron chi connectivity index (χ2n) is 7.02. The first kappa shape index (κ1) is 12.6. The molecule has 3 heteroatoms. The minimum absolute atomic E-state index is 0.758. The van der Waals surface area contributed by atoms with Gasteiger partial charge in [-0.1, -0.05) is 0 Å². The summed E-state index contributed by atoms with van der Waals surface area (Å²) in [7, 11) is 0. The van der Waals surface area contributed by atoms with Crippen molar-refractivity contribution in [3.63, 3.8) is 0 Å². The van der Waals surface area contributed by atoms with E-state index >= 15 is 0 Å². The highest BCUT2D eigenvalue weighted by molar-refractivity contribution is 5.54. The van der Waals surface area contributed by atoms with E-state index in [-0.39, 0.29) is 0 Å². The van der Waals surface area contributed by atoms with Crippen molar-refractivity contribution in [1.29, 1.82) is 0 Å². The molecule has 20 heavy (non-hydrogen) atoms. The molecule has 4 rings (SSSR count). The summed E-state index contributed by atoms with van der Waals surface area (Å²) in [6.07, 6.45) is 6.89. The minimum Gasteiger partial charge on any atom is -0.353 e. The van der Waals surface area contributed by atoms with E-state index in [9.17, 15) is 0 Å². The van der Waals surface area contributed by atoms with Gasteiger partial charge in [0.1, 0.15) is 5.82 Å². The van der Waals surface area contributed by atoms with Crippen LogP contribution in [0.2, 0.25) is 0 Å². The van der Waals surface area contributed by atoms with Crippen LogP contribution in [0.25, 0.3) is 0 Å². The number of aryl methyl sites for hydroxylation is 2. The predicted octanol–water partition coefficient (Wildman–Crippen LogP) is 2.94. The summed E-state index contributed by atoms with van der Waals surface area (Å²) < 4.78 is 0. The first-order chi connectivity index (χ1) is 9.70. The fourth-order valence-electron chi connectivity index (χ4n) is 4.02. The molecule has 0 spiro atoms. The molecule has 2 aliphatic carbocycles. The van der Waals surface area contributed by atoms with E-state index in [0.29, 0.717) is 0 Å². The fraction of sp³-hybridized carbons (Fsp3) is 0.706. The highest BCUT2D eigenvalue weighted by atomic mass is 15.2. The van der Waals surface area contributed by atoms with Gasteiger partial charge in [0.2, 0.25) is 0 Å². The largest absolute Gasteiger partial charge is 0.353 e. The van der Waals surface area contributed by atoms with Crippen LogP contribution in [0, 0.1) is 19.8 Å². The summed E-state index contributed by atoms with van der Waals surface area (Å²) >= 11 is 0.